The lowest BCUT2D eigenvalue weighted by Gasteiger charge is -2.35. The van der Waals surface area contributed by atoms with Crippen LogP contribution < -0.4 is 10.2 Å². The zero-order valence-electron chi connectivity index (χ0n) is 14.0. The Morgan fingerprint density at radius 1 is 1.17 bits per heavy atom. The number of nitrogens with zero attached hydrogens (tertiary/aromatic N) is 3. The van der Waals surface area contributed by atoms with Crippen LogP contribution in [0.25, 0.3) is 0 Å². The van der Waals surface area contributed by atoms with Gasteiger partial charge in [-0.15, -0.1) is 0 Å². The second-order valence-electron chi connectivity index (χ2n) is 5.27. The average molecular weight is 320 g/mol. The standard InChI is InChI=1S/C16H24N4O3/c1-5-14(18(2)3)19(4)16(23)20(15(22)17-11-12-21)13-9-7-6-8-10-13/h6-10,12,14H,5,11H2,1-4H3,(H,17,22). The lowest BCUT2D eigenvalue weighted by Crippen LogP contribution is -2.55. The van der Waals surface area contributed by atoms with Crippen LogP contribution in [0, 0.1) is 0 Å². The van der Waals surface area contributed by atoms with Crippen molar-refractivity contribution in [2.45, 2.75) is 19.5 Å². The SMILES string of the molecule is CCC(N(C)C)N(C)C(=O)N(C(=O)NCC=O)c1ccccc1. The Bertz CT molecular complexity index is 533. The van der Waals surface area contributed by atoms with Gasteiger partial charge >= 0.3 is 12.1 Å². The van der Waals surface area contributed by atoms with E-state index in [4.69, 9.17) is 0 Å². The van der Waals surface area contributed by atoms with Crippen molar-refractivity contribution in [3.05, 3.63) is 30.3 Å². The third-order valence-corrected chi connectivity index (χ3v) is 3.46. The predicted octanol–water partition coefficient (Wildman–Crippen LogP) is 1.75. The fraction of sp³-hybridized carbons (Fsp3) is 0.438. The zero-order valence-corrected chi connectivity index (χ0v) is 14.0. The van der Waals surface area contributed by atoms with Gasteiger partial charge in [0.25, 0.3) is 0 Å². The molecule has 4 amide bonds. The first kappa shape index (κ1) is 18.6. The van der Waals surface area contributed by atoms with Gasteiger partial charge in [0, 0.05) is 7.05 Å². The zero-order chi connectivity index (χ0) is 17.4. The number of anilines is 1. The molecule has 1 aromatic rings. The third kappa shape index (κ3) is 4.79. The van der Waals surface area contributed by atoms with E-state index in [0.717, 1.165) is 4.90 Å². The van der Waals surface area contributed by atoms with Gasteiger partial charge in [-0.1, -0.05) is 25.1 Å². The minimum absolute atomic E-state index is 0.146. The highest BCUT2D eigenvalue weighted by Crippen LogP contribution is 2.17. The van der Waals surface area contributed by atoms with Crippen LogP contribution in [0.1, 0.15) is 13.3 Å². The summed E-state index contributed by atoms with van der Waals surface area (Å²) in [6.07, 6.45) is 1.14. The summed E-state index contributed by atoms with van der Waals surface area (Å²) >= 11 is 0. The number of rotatable bonds is 6. The molecule has 0 bridgehead atoms. The molecule has 0 saturated heterocycles. The maximum atomic E-state index is 12.8. The van der Waals surface area contributed by atoms with Crippen molar-refractivity contribution in [1.82, 2.24) is 15.1 Å². The molecule has 7 nitrogen and oxygen atoms in total. The minimum atomic E-state index is -0.631. The van der Waals surface area contributed by atoms with E-state index >= 15 is 0 Å². The Labute approximate surface area is 136 Å². The molecule has 0 radical (unpaired) electrons. The normalized spacial score (nSPS) is 11.7. The van der Waals surface area contributed by atoms with E-state index in [1.165, 1.54) is 4.90 Å². The molecule has 1 N–H and O–H groups in total. The Kier molecular flexibility index (Phi) is 7.21. The molecule has 1 atom stereocenters. The molecule has 23 heavy (non-hydrogen) atoms. The van der Waals surface area contributed by atoms with Crippen LogP contribution in [0.5, 0.6) is 0 Å². The van der Waals surface area contributed by atoms with Crippen LogP contribution in [0.4, 0.5) is 15.3 Å². The van der Waals surface area contributed by atoms with E-state index in [-0.39, 0.29) is 12.7 Å². The van der Waals surface area contributed by atoms with E-state index in [2.05, 4.69) is 5.32 Å². The Morgan fingerprint density at radius 3 is 2.26 bits per heavy atom. The molecule has 7 heteroatoms. The fourth-order valence-corrected chi connectivity index (χ4v) is 2.37. The monoisotopic (exact) mass is 320 g/mol. The van der Waals surface area contributed by atoms with Crippen LogP contribution in [-0.4, -0.2) is 62.0 Å². The van der Waals surface area contributed by atoms with Crippen LogP contribution in [0.15, 0.2) is 30.3 Å². The van der Waals surface area contributed by atoms with Crippen molar-refractivity contribution in [1.29, 1.82) is 0 Å². The molecule has 0 aromatic heterocycles. The smallest absolute Gasteiger partial charge is 0.330 e. The van der Waals surface area contributed by atoms with Gasteiger partial charge in [-0.25, -0.2) is 14.5 Å². The summed E-state index contributed by atoms with van der Waals surface area (Å²) in [6.45, 7) is 1.82. The van der Waals surface area contributed by atoms with Gasteiger partial charge < -0.3 is 15.0 Å². The number of amides is 4. The maximum absolute atomic E-state index is 12.8. The van der Waals surface area contributed by atoms with E-state index in [1.807, 2.05) is 25.9 Å². The first-order chi connectivity index (χ1) is 10.9. The summed E-state index contributed by atoms with van der Waals surface area (Å²) in [5, 5.41) is 2.41. The summed E-state index contributed by atoms with van der Waals surface area (Å²) in [7, 11) is 5.40. The number of aldehydes is 1. The van der Waals surface area contributed by atoms with Gasteiger partial charge in [0.2, 0.25) is 0 Å². The Balaban J connectivity index is 3.10. The molecular formula is C16H24N4O3. The van der Waals surface area contributed by atoms with Gasteiger partial charge in [-0.3, -0.25) is 4.90 Å². The van der Waals surface area contributed by atoms with Crippen molar-refractivity contribution in [2.75, 3.05) is 32.6 Å². The van der Waals surface area contributed by atoms with Crippen molar-refractivity contribution in [2.24, 2.45) is 0 Å². The molecule has 0 saturated carbocycles. The molecule has 0 aliphatic rings. The highest BCUT2D eigenvalue weighted by atomic mass is 16.2. The summed E-state index contributed by atoms with van der Waals surface area (Å²) in [4.78, 5) is 40.1. The first-order valence-corrected chi connectivity index (χ1v) is 7.43. The number of para-hydroxylation sites is 1. The third-order valence-electron chi connectivity index (χ3n) is 3.46. The molecule has 1 aromatic carbocycles. The van der Waals surface area contributed by atoms with E-state index in [0.29, 0.717) is 18.4 Å². The van der Waals surface area contributed by atoms with Crippen LogP contribution in [-0.2, 0) is 4.79 Å². The molecule has 126 valence electrons. The van der Waals surface area contributed by atoms with E-state index < -0.39 is 12.1 Å². The number of benzene rings is 1. The van der Waals surface area contributed by atoms with Crippen molar-refractivity contribution in [3.8, 4) is 0 Å². The molecule has 1 rings (SSSR count). The number of carbonyl (C=O) groups is 3. The van der Waals surface area contributed by atoms with Gasteiger partial charge in [0.1, 0.15) is 6.29 Å². The lowest BCUT2D eigenvalue weighted by molar-refractivity contribution is -0.107. The largest absolute Gasteiger partial charge is 0.333 e. The molecule has 1 unspecified atom stereocenters. The van der Waals surface area contributed by atoms with Crippen molar-refractivity contribution >= 4 is 24.0 Å². The number of hydrogen-bond acceptors (Lipinski definition) is 4. The highest BCUT2D eigenvalue weighted by Gasteiger charge is 2.30. The van der Waals surface area contributed by atoms with E-state index in [9.17, 15) is 14.4 Å². The second kappa shape index (κ2) is 8.89. The van der Waals surface area contributed by atoms with Crippen molar-refractivity contribution < 1.29 is 14.4 Å². The lowest BCUT2D eigenvalue weighted by atomic mass is 10.3. The minimum Gasteiger partial charge on any atom is -0.330 e. The fourth-order valence-electron chi connectivity index (χ4n) is 2.37. The number of urea groups is 2. The van der Waals surface area contributed by atoms with Gasteiger partial charge in [-0.05, 0) is 32.6 Å². The molecule has 0 spiro atoms. The Hall–Kier alpha value is -2.41. The van der Waals surface area contributed by atoms with Crippen LogP contribution >= 0.6 is 0 Å². The molecular weight excluding hydrogens is 296 g/mol. The number of nitrogens with one attached hydrogen (secondary N) is 1. The van der Waals surface area contributed by atoms with Crippen LogP contribution in [0.3, 0.4) is 0 Å². The molecule has 0 aliphatic carbocycles. The first-order valence-electron chi connectivity index (χ1n) is 7.43. The summed E-state index contributed by atoms with van der Waals surface area (Å²) < 4.78 is 0. The predicted molar refractivity (Wildman–Crippen MR) is 89.3 cm³/mol. The summed E-state index contributed by atoms with van der Waals surface area (Å²) in [5.74, 6) is 0. The highest BCUT2D eigenvalue weighted by molar-refractivity contribution is 6.13. The van der Waals surface area contributed by atoms with Gasteiger partial charge in [-0.2, -0.15) is 0 Å². The number of hydrogen-bond donors (Lipinski definition) is 1. The number of imide groups is 1. The van der Waals surface area contributed by atoms with Gasteiger partial charge in [0.15, 0.2) is 0 Å². The molecule has 0 aliphatic heterocycles. The number of carbonyl (C=O) groups excluding carboxylic acids is 3. The molecule has 0 heterocycles. The van der Waals surface area contributed by atoms with E-state index in [1.54, 1.807) is 37.4 Å². The Morgan fingerprint density at radius 2 is 1.78 bits per heavy atom. The topological polar surface area (TPSA) is 73.0 Å². The summed E-state index contributed by atoms with van der Waals surface area (Å²) in [6, 6.07) is 7.53. The van der Waals surface area contributed by atoms with Gasteiger partial charge in [0.05, 0.1) is 18.4 Å². The van der Waals surface area contributed by atoms with Crippen LogP contribution in [0.2, 0.25) is 0 Å². The quantitative estimate of drug-likeness (QED) is 0.640. The maximum Gasteiger partial charge on any atom is 0.333 e. The summed E-state index contributed by atoms with van der Waals surface area (Å²) in [5.41, 5.74) is 0.446. The average Bonchev–Trinajstić information content (AvgIpc) is 2.54. The second-order valence-corrected chi connectivity index (χ2v) is 5.27. The van der Waals surface area contributed by atoms with Crippen molar-refractivity contribution in [3.63, 3.8) is 0 Å². The molecule has 0 fully saturated rings.